The normalized spacial score (nSPS) is 15.2. The molecule has 0 spiro atoms. The van der Waals surface area contributed by atoms with E-state index in [4.69, 9.17) is 0 Å². The van der Waals surface area contributed by atoms with Crippen molar-refractivity contribution in [2.45, 2.75) is 33.2 Å². The van der Waals surface area contributed by atoms with Gasteiger partial charge in [-0.1, -0.05) is 32.0 Å². The van der Waals surface area contributed by atoms with Gasteiger partial charge in [-0.05, 0) is 18.6 Å². The number of amides is 2. The Kier molecular flexibility index (Phi) is 6.10. The number of nitrogens with one attached hydrogen (secondary N) is 2. The Bertz CT molecular complexity index is 1370. The summed E-state index contributed by atoms with van der Waals surface area (Å²) in [5.41, 5.74) is 2.90. The Morgan fingerprint density at radius 3 is 2.69 bits per heavy atom. The number of benzene rings is 1. The number of piperazine rings is 1. The Balaban J connectivity index is 1.33. The lowest BCUT2D eigenvalue weighted by Crippen LogP contribution is -2.56. The van der Waals surface area contributed by atoms with Crippen molar-refractivity contribution < 1.29 is 9.59 Å². The molecule has 10 heteroatoms. The summed E-state index contributed by atoms with van der Waals surface area (Å²) in [5, 5.41) is 8.37. The van der Waals surface area contributed by atoms with Gasteiger partial charge in [-0.25, -0.2) is 4.98 Å². The number of hydrogen-bond donors (Lipinski definition) is 2. The Hall–Kier alpha value is -3.95. The van der Waals surface area contributed by atoms with Gasteiger partial charge in [0.1, 0.15) is 18.2 Å². The summed E-state index contributed by atoms with van der Waals surface area (Å²) in [5.74, 6) is 1.10. The average molecular weight is 475 g/mol. The predicted molar refractivity (Wildman–Crippen MR) is 133 cm³/mol. The second kappa shape index (κ2) is 9.36. The fourth-order valence-electron chi connectivity index (χ4n) is 4.57. The van der Waals surface area contributed by atoms with Gasteiger partial charge in [0.2, 0.25) is 11.8 Å². The van der Waals surface area contributed by atoms with E-state index in [1.54, 1.807) is 4.52 Å². The Labute approximate surface area is 203 Å². The van der Waals surface area contributed by atoms with E-state index in [1.165, 1.54) is 6.33 Å². The lowest BCUT2D eigenvalue weighted by atomic mass is 10.0. The van der Waals surface area contributed by atoms with E-state index < -0.39 is 6.04 Å². The van der Waals surface area contributed by atoms with Crippen LogP contribution in [0.4, 0.5) is 5.82 Å². The highest BCUT2D eigenvalue weighted by Crippen LogP contribution is 2.21. The van der Waals surface area contributed by atoms with Crippen molar-refractivity contribution in [1.82, 2.24) is 34.8 Å². The molecule has 0 bridgehead atoms. The topological polar surface area (TPSA) is 112 Å². The van der Waals surface area contributed by atoms with E-state index in [1.807, 2.05) is 62.2 Å². The fraction of sp³-hybridized carbons (Fsp3) is 0.400. The van der Waals surface area contributed by atoms with Crippen molar-refractivity contribution in [3.8, 4) is 0 Å². The molecule has 1 atom stereocenters. The minimum absolute atomic E-state index is 0.0549. The third kappa shape index (κ3) is 4.55. The quantitative estimate of drug-likeness (QED) is 0.442. The van der Waals surface area contributed by atoms with Crippen LogP contribution < -0.4 is 10.2 Å². The first-order valence-corrected chi connectivity index (χ1v) is 12.0. The molecule has 0 radical (unpaired) electrons. The molecule has 1 aliphatic heterocycles. The Morgan fingerprint density at radius 1 is 1.14 bits per heavy atom. The molecule has 1 saturated heterocycles. The van der Waals surface area contributed by atoms with Crippen LogP contribution in [0.2, 0.25) is 0 Å². The number of carbonyl (C=O) groups is 2. The van der Waals surface area contributed by atoms with Gasteiger partial charge in [-0.3, -0.25) is 9.59 Å². The number of fused-ring (bicyclic) bond motifs is 2. The second-order valence-electron chi connectivity index (χ2n) is 9.32. The number of H-pyrrole nitrogens is 1. The smallest absolute Gasteiger partial charge is 0.254 e. The molecule has 2 N–H and O–H groups in total. The third-order valence-electron chi connectivity index (χ3n) is 6.51. The van der Waals surface area contributed by atoms with Crippen LogP contribution in [0.3, 0.4) is 0 Å². The van der Waals surface area contributed by atoms with Crippen LogP contribution >= 0.6 is 0 Å². The zero-order chi connectivity index (χ0) is 24.5. The summed E-state index contributed by atoms with van der Waals surface area (Å²) in [7, 11) is 0. The third-order valence-corrected chi connectivity index (χ3v) is 6.51. The molecular weight excluding hydrogens is 444 g/mol. The fourth-order valence-corrected chi connectivity index (χ4v) is 4.57. The van der Waals surface area contributed by atoms with E-state index in [0.29, 0.717) is 38.4 Å². The van der Waals surface area contributed by atoms with Gasteiger partial charge >= 0.3 is 0 Å². The summed E-state index contributed by atoms with van der Waals surface area (Å²) in [6, 6.07) is 9.36. The number of nitrogens with zero attached hydrogens (tertiary/aromatic N) is 6. The van der Waals surface area contributed by atoms with Gasteiger partial charge < -0.3 is 20.1 Å². The van der Waals surface area contributed by atoms with Crippen molar-refractivity contribution in [3.05, 3.63) is 54.1 Å². The number of aryl methyl sites for hydroxylation is 1. The second-order valence-corrected chi connectivity index (χ2v) is 9.32. The number of carbonyl (C=O) groups excluding carboxylic acids is 2. The van der Waals surface area contributed by atoms with Crippen molar-refractivity contribution in [3.63, 3.8) is 0 Å². The van der Waals surface area contributed by atoms with E-state index in [0.717, 1.165) is 28.0 Å². The molecule has 2 amide bonds. The van der Waals surface area contributed by atoms with E-state index in [2.05, 4.69) is 30.3 Å². The van der Waals surface area contributed by atoms with Gasteiger partial charge in [0.15, 0.2) is 0 Å². The predicted octanol–water partition coefficient (Wildman–Crippen LogP) is 1.95. The summed E-state index contributed by atoms with van der Waals surface area (Å²) >= 11 is 0. The lowest BCUT2D eigenvalue weighted by molar-refractivity contribution is -0.137. The van der Waals surface area contributed by atoms with Crippen LogP contribution in [-0.2, 0) is 16.0 Å². The van der Waals surface area contributed by atoms with Crippen molar-refractivity contribution >= 4 is 34.3 Å². The number of rotatable bonds is 6. The number of para-hydroxylation sites is 1. The highest BCUT2D eigenvalue weighted by molar-refractivity contribution is 5.90. The van der Waals surface area contributed by atoms with Gasteiger partial charge in [-0.2, -0.15) is 14.6 Å². The van der Waals surface area contributed by atoms with Crippen LogP contribution in [0.5, 0.6) is 0 Å². The average Bonchev–Trinajstić information content (AvgIpc) is 3.50. The summed E-state index contributed by atoms with van der Waals surface area (Å²) in [6.07, 6.45) is 3.86. The van der Waals surface area contributed by atoms with Crippen molar-refractivity contribution in [2.24, 2.45) is 5.92 Å². The maximum Gasteiger partial charge on any atom is 0.254 e. The maximum atomic E-state index is 13.6. The molecule has 0 aliphatic carbocycles. The van der Waals surface area contributed by atoms with E-state index in [9.17, 15) is 9.59 Å². The van der Waals surface area contributed by atoms with E-state index in [-0.39, 0.29) is 17.7 Å². The standard InChI is InChI=1S/C25H30N8O2/c1-16(2)23(34)30-21(13-18-14-26-20-7-5-4-6-19(18)20)24(35)32-10-8-31(9-11-32)22-12-17(3)29-25-27-15-28-33(22)25/h4-7,12,14-16,21,26H,8-11,13H2,1-3H3,(H,30,34). The molecule has 3 aromatic heterocycles. The number of hydrogen-bond acceptors (Lipinski definition) is 6. The molecule has 10 nitrogen and oxygen atoms in total. The molecule has 4 heterocycles. The largest absolute Gasteiger partial charge is 0.361 e. The van der Waals surface area contributed by atoms with Crippen LogP contribution in [0.1, 0.15) is 25.1 Å². The molecule has 182 valence electrons. The SMILES string of the molecule is Cc1cc(N2CCN(C(=O)C(Cc3c[nH]c4ccccc34)NC(=O)C(C)C)CC2)n2ncnc2n1. The van der Waals surface area contributed by atoms with Crippen LogP contribution in [-0.4, -0.2) is 73.5 Å². The molecule has 1 fully saturated rings. The molecule has 35 heavy (non-hydrogen) atoms. The Morgan fingerprint density at radius 2 is 1.91 bits per heavy atom. The molecule has 1 aliphatic rings. The van der Waals surface area contributed by atoms with Crippen molar-refractivity contribution in [2.75, 3.05) is 31.1 Å². The zero-order valence-electron chi connectivity index (χ0n) is 20.2. The molecule has 1 aromatic carbocycles. The zero-order valence-corrected chi connectivity index (χ0v) is 20.2. The van der Waals surface area contributed by atoms with Crippen molar-refractivity contribution in [1.29, 1.82) is 0 Å². The van der Waals surface area contributed by atoms with Crippen LogP contribution in [0.25, 0.3) is 16.7 Å². The first-order valence-electron chi connectivity index (χ1n) is 12.0. The first kappa shape index (κ1) is 22.8. The number of anilines is 1. The maximum absolute atomic E-state index is 13.6. The van der Waals surface area contributed by atoms with Gasteiger partial charge in [-0.15, -0.1) is 0 Å². The molecule has 1 unspecified atom stereocenters. The molecule has 5 rings (SSSR count). The molecule has 4 aromatic rings. The monoisotopic (exact) mass is 474 g/mol. The number of aromatic nitrogens is 5. The van der Waals surface area contributed by atoms with Gasteiger partial charge in [0.25, 0.3) is 5.78 Å². The van der Waals surface area contributed by atoms with Gasteiger partial charge in [0.05, 0.1) is 0 Å². The van der Waals surface area contributed by atoms with Gasteiger partial charge in [0, 0.05) is 67.4 Å². The van der Waals surface area contributed by atoms with Crippen LogP contribution in [0.15, 0.2) is 42.9 Å². The minimum Gasteiger partial charge on any atom is -0.361 e. The molecule has 0 saturated carbocycles. The summed E-state index contributed by atoms with van der Waals surface area (Å²) in [4.78, 5) is 42.1. The lowest BCUT2D eigenvalue weighted by Gasteiger charge is -2.37. The van der Waals surface area contributed by atoms with Crippen LogP contribution in [0, 0.1) is 12.8 Å². The number of aromatic amines is 1. The first-order chi connectivity index (χ1) is 16.9. The molecular formula is C25H30N8O2. The summed E-state index contributed by atoms with van der Waals surface area (Å²) < 4.78 is 1.73. The highest BCUT2D eigenvalue weighted by atomic mass is 16.2. The minimum atomic E-state index is -0.624. The highest BCUT2D eigenvalue weighted by Gasteiger charge is 2.30. The van der Waals surface area contributed by atoms with E-state index >= 15 is 0 Å². The summed E-state index contributed by atoms with van der Waals surface area (Å²) in [6.45, 7) is 8.03.